The monoisotopic (exact) mass is 402 g/mol. The van der Waals surface area contributed by atoms with Gasteiger partial charge in [-0.15, -0.1) is 0 Å². The van der Waals surface area contributed by atoms with Crippen LogP contribution in [0.25, 0.3) is 6.08 Å². The molecule has 0 unspecified atom stereocenters. The van der Waals surface area contributed by atoms with Crippen LogP contribution in [0.2, 0.25) is 5.02 Å². The van der Waals surface area contributed by atoms with Gasteiger partial charge in [-0.2, -0.15) is 5.26 Å². The average Bonchev–Trinajstić information content (AvgIpc) is 2.68. The highest BCUT2D eigenvalue weighted by atomic mass is 35.5. The van der Waals surface area contributed by atoms with Crippen LogP contribution in [0.3, 0.4) is 0 Å². The molecule has 0 aromatic heterocycles. The Morgan fingerprint density at radius 1 is 1.25 bits per heavy atom. The summed E-state index contributed by atoms with van der Waals surface area (Å²) in [5.41, 5.74) is -0.387. The van der Waals surface area contributed by atoms with Crippen LogP contribution < -0.4 is 4.74 Å². The molecule has 2 aromatic carbocycles. The average molecular weight is 403 g/mol. The maximum Gasteiger partial charge on any atom is 0.348 e. The second-order valence-electron chi connectivity index (χ2n) is 5.32. The van der Waals surface area contributed by atoms with Gasteiger partial charge in [0.05, 0.1) is 16.6 Å². The molecule has 0 radical (unpaired) electrons. The van der Waals surface area contributed by atoms with Crippen molar-refractivity contribution in [3.63, 3.8) is 0 Å². The van der Waals surface area contributed by atoms with Crippen LogP contribution >= 0.6 is 11.6 Å². The molecule has 2 aromatic rings. The van der Waals surface area contributed by atoms with Crippen molar-refractivity contribution in [1.29, 1.82) is 5.26 Å². The molecule has 0 saturated carbocycles. The zero-order valence-electron chi connectivity index (χ0n) is 14.8. The van der Waals surface area contributed by atoms with Gasteiger partial charge in [0, 0.05) is 13.2 Å². The molecular weight excluding hydrogens is 388 g/mol. The van der Waals surface area contributed by atoms with Crippen molar-refractivity contribution < 1.29 is 23.9 Å². The number of hydrogen-bond acceptors (Lipinski definition) is 7. The highest BCUT2D eigenvalue weighted by molar-refractivity contribution is 6.32. The van der Waals surface area contributed by atoms with Gasteiger partial charge in [-0.3, -0.25) is 10.1 Å². The van der Waals surface area contributed by atoms with E-state index < -0.39 is 10.9 Å². The van der Waals surface area contributed by atoms with Crippen molar-refractivity contribution in [1.82, 2.24) is 0 Å². The number of rotatable bonds is 8. The number of para-hydroxylation sites is 1. The number of nitro groups is 1. The summed E-state index contributed by atoms with van der Waals surface area (Å²) in [5.74, 6) is -0.620. The number of nitro benzene ring substituents is 1. The number of esters is 1. The molecule has 0 saturated heterocycles. The van der Waals surface area contributed by atoms with E-state index in [0.29, 0.717) is 5.02 Å². The summed E-state index contributed by atoms with van der Waals surface area (Å²) in [7, 11) is 1.44. The molecule has 144 valence electrons. The standard InChI is InChI=1S/C19H15ClN2O6/c1-26-8-9-27-19(23)14(12-21)10-13-6-7-18(16(11-13)22(24)25)28-17-5-3-2-4-15(17)20/h2-7,10-11H,8-9H2,1H3/b14-10+. The minimum atomic E-state index is -0.849. The topological polar surface area (TPSA) is 112 Å². The van der Waals surface area contributed by atoms with Gasteiger partial charge in [-0.25, -0.2) is 4.79 Å². The lowest BCUT2D eigenvalue weighted by Gasteiger charge is -2.08. The van der Waals surface area contributed by atoms with Gasteiger partial charge in [0.2, 0.25) is 5.75 Å². The van der Waals surface area contributed by atoms with E-state index in [9.17, 15) is 14.9 Å². The van der Waals surface area contributed by atoms with Crippen molar-refractivity contribution >= 4 is 29.3 Å². The number of nitriles is 1. The molecule has 0 N–H and O–H groups in total. The molecule has 0 aliphatic carbocycles. The normalized spacial score (nSPS) is 10.8. The molecule has 2 rings (SSSR count). The maximum absolute atomic E-state index is 11.9. The fourth-order valence-electron chi connectivity index (χ4n) is 2.10. The summed E-state index contributed by atoms with van der Waals surface area (Å²) in [4.78, 5) is 22.7. The molecule has 28 heavy (non-hydrogen) atoms. The molecule has 0 fully saturated rings. The fraction of sp³-hybridized carbons (Fsp3) is 0.158. The van der Waals surface area contributed by atoms with Crippen molar-refractivity contribution in [3.8, 4) is 17.6 Å². The van der Waals surface area contributed by atoms with Crippen molar-refractivity contribution in [3.05, 3.63) is 68.7 Å². The Bertz CT molecular complexity index is 952. The molecule has 0 atom stereocenters. The first kappa shape index (κ1) is 20.9. The highest BCUT2D eigenvalue weighted by Gasteiger charge is 2.18. The minimum absolute atomic E-state index is 0.0148. The molecule has 0 heterocycles. The van der Waals surface area contributed by atoms with E-state index in [1.54, 1.807) is 30.3 Å². The van der Waals surface area contributed by atoms with Gasteiger partial charge in [0.25, 0.3) is 0 Å². The molecule has 9 heteroatoms. The Balaban J connectivity index is 2.31. The van der Waals surface area contributed by atoms with Crippen LogP contribution in [0.4, 0.5) is 5.69 Å². The lowest BCUT2D eigenvalue weighted by atomic mass is 10.1. The number of hydrogen-bond donors (Lipinski definition) is 0. The zero-order valence-corrected chi connectivity index (χ0v) is 15.5. The molecule has 0 bridgehead atoms. The minimum Gasteiger partial charge on any atom is -0.459 e. The van der Waals surface area contributed by atoms with Gasteiger partial charge in [0.1, 0.15) is 24.0 Å². The Morgan fingerprint density at radius 2 is 2.00 bits per heavy atom. The molecule has 8 nitrogen and oxygen atoms in total. The summed E-state index contributed by atoms with van der Waals surface area (Å²) < 4.78 is 15.2. The number of halogens is 1. The number of benzene rings is 2. The molecule has 0 aliphatic heterocycles. The van der Waals surface area contributed by atoms with Crippen LogP contribution in [-0.2, 0) is 14.3 Å². The zero-order chi connectivity index (χ0) is 20.5. The summed E-state index contributed by atoms with van der Waals surface area (Å²) in [5, 5.41) is 20.9. The van der Waals surface area contributed by atoms with E-state index in [0.717, 1.165) is 0 Å². The molecule has 0 amide bonds. The van der Waals surface area contributed by atoms with Gasteiger partial charge >= 0.3 is 11.7 Å². The van der Waals surface area contributed by atoms with E-state index >= 15 is 0 Å². The van der Waals surface area contributed by atoms with Gasteiger partial charge < -0.3 is 14.2 Å². The number of methoxy groups -OCH3 is 1. The van der Waals surface area contributed by atoms with E-state index in [1.165, 1.54) is 31.4 Å². The van der Waals surface area contributed by atoms with Crippen LogP contribution in [0.15, 0.2) is 48.0 Å². The lowest BCUT2D eigenvalue weighted by molar-refractivity contribution is -0.385. The van der Waals surface area contributed by atoms with Crippen LogP contribution in [0.5, 0.6) is 11.5 Å². The van der Waals surface area contributed by atoms with E-state index in [-0.39, 0.29) is 41.5 Å². The van der Waals surface area contributed by atoms with E-state index in [1.807, 2.05) is 0 Å². The van der Waals surface area contributed by atoms with Crippen LogP contribution in [0, 0.1) is 21.4 Å². The molecule has 0 spiro atoms. The first-order valence-electron chi connectivity index (χ1n) is 7.95. The van der Waals surface area contributed by atoms with E-state index in [2.05, 4.69) is 0 Å². The van der Waals surface area contributed by atoms with Crippen molar-refractivity contribution in [2.24, 2.45) is 0 Å². The third-order valence-electron chi connectivity index (χ3n) is 3.41. The Morgan fingerprint density at radius 3 is 2.64 bits per heavy atom. The van der Waals surface area contributed by atoms with Crippen LogP contribution in [-0.4, -0.2) is 31.2 Å². The third kappa shape index (κ3) is 5.54. The second-order valence-corrected chi connectivity index (χ2v) is 5.72. The quantitative estimate of drug-likeness (QED) is 0.163. The predicted octanol–water partition coefficient (Wildman–Crippen LogP) is 4.14. The second kappa shape index (κ2) is 10.1. The van der Waals surface area contributed by atoms with Gasteiger partial charge in [-0.1, -0.05) is 29.8 Å². The third-order valence-corrected chi connectivity index (χ3v) is 3.72. The maximum atomic E-state index is 11.9. The largest absolute Gasteiger partial charge is 0.459 e. The van der Waals surface area contributed by atoms with Crippen LogP contribution in [0.1, 0.15) is 5.56 Å². The first-order valence-corrected chi connectivity index (χ1v) is 8.32. The number of carbonyl (C=O) groups excluding carboxylic acids is 1. The molecular formula is C19H15ClN2O6. The smallest absolute Gasteiger partial charge is 0.348 e. The SMILES string of the molecule is COCCOC(=O)/C(C#N)=C/c1ccc(Oc2ccccc2Cl)c([N+](=O)[O-])c1. The summed E-state index contributed by atoms with van der Waals surface area (Å²) >= 11 is 6.01. The Labute approximate surface area is 165 Å². The lowest BCUT2D eigenvalue weighted by Crippen LogP contribution is -2.11. The Kier molecular flexibility index (Phi) is 7.51. The summed E-state index contributed by atoms with van der Waals surface area (Å²) in [6.45, 7) is 0.170. The first-order chi connectivity index (χ1) is 13.5. The number of carbonyl (C=O) groups is 1. The van der Waals surface area contributed by atoms with Gasteiger partial charge in [0.15, 0.2) is 0 Å². The van der Waals surface area contributed by atoms with E-state index in [4.69, 9.17) is 31.1 Å². The number of nitrogens with zero attached hydrogens (tertiary/aromatic N) is 2. The fourth-order valence-corrected chi connectivity index (χ4v) is 2.27. The Hall–Kier alpha value is -3.41. The number of ether oxygens (including phenoxy) is 3. The predicted molar refractivity (Wildman–Crippen MR) is 101 cm³/mol. The van der Waals surface area contributed by atoms with Crippen molar-refractivity contribution in [2.75, 3.05) is 20.3 Å². The van der Waals surface area contributed by atoms with Crippen molar-refractivity contribution in [2.45, 2.75) is 0 Å². The highest BCUT2D eigenvalue weighted by Crippen LogP contribution is 2.35. The molecule has 0 aliphatic rings. The summed E-state index contributed by atoms with van der Waals surface area (Å²) in [6, 6.07) is 12.3. The summed E-state index contributed by atoms with van der Waals surface area (Å²) in [6.07, 6.45) is 1.20. The van der Waals surface area contributed by atoms with Gasteiger partial charge in [-0.05, 0) is 29.8 Å².